The summed E-state index contributed by atoms with van der Waals surface area (Å²) in [4.78, 5) is 3.98. The predicted molar refractivity (Wildman–Crippen MR) is 63.7 cm³/mol. The number of hydrogen-bond acceptors (Lipinski definition) is 4. The minimum absolute atomic E-state index is 0.139. The van der Waals surface area contributed by atoms with Gasteiger partial charge in [-0.2, -0.15) is 0 Å². The van der Waals surface area contributed by atoms with Gasteiger partial charge in [-0.15, -0.1) is 0 Å². The fraction of sp³-hybridized carbons (Fsp3) is 0.700. The van der Waals surface area contributed by atoms with E-state index in [1.165, 1.54) is 0 Å². The van der Waals surface area contributed by atoms with Crippen molar-refractivity contribution in [2.75, 3.05) is 11.5 Å². The molecule has 1 atom stereocenters. The zero-order valence-corrected chi connectivity index (χ0v) is 10.6. The Labute approximate surface area is 96.6 Å². The summed E-state index contributed by atoms with van der Waals surface area (Å²) >= 11 is 0. The number of imidazole rings is 1. The molecule has 16 heavy (non-hydrogen) atoms. The Hall–Kier alpha value is -0.880. The molecule has 0 saturated carbocycles. The van der Waals surface area contributed by atoms with Gasteiger partial charge in [-0.1, -0.05) is 6.92 Å². The molecule has 0 spiro atoms. The molecular formula is C10H19N3O2S. The highest BCUT2D eigenvalue weighted by Crippen LogP contribution is 2.14. The van der Waals surface area contributed by atoms with E-state index < -0.39 is 9.84 Å². The summed E-state index contributed by atoms with van der Waals surface area (Å²) in [5.41, 5.74) is 6.89. The van der Waals surface area contributed by atoms with E-state index in [0.717, 1.165) is 5.69 Å². The number of aromatic nitrogens is 2. The topological polar surface area (TPSA) is 78.0 Å². The molecule has 0 aromatic carbocycles. The summed E-state index contributed by atoms with van der Waals surface area (Å²) in [5, 5.41) is 0. The zero-order chi connectivity index (χ0) is 12.2. The van der Waals surface area contributed by atoms with Gasteiger partial charge in [0.05, 0.1) is 17.8 Å². The van der Waals surface area contributed by atoms with Crippen LogP contribution in [0.4, 0.5) is 0 Å². The smallest absolute Gasteiger partial charge is 0.150 e. The van der Waals surface area contributed by atoms with Crippen LogP contribution in [-0.4, -0.2) is 29.5 Å². The third-order valence-electron chi connectivity index (χ3n) is 2.64. The first-order valence-electron chi connectivity index (χ1n) is 5.38. The second-order valence-electron chi connectivity index (χ2n) is 3.91. The molecule has 92 valence electrons. The third-order valence-corrected chi connectivity index (χ3v) is 4.43. The molecule has 5 nitrogen and oxygen atoms in total. The summed E-state index contributed by atoms with van der Waals surface area (Å²) in [6, 6.07) is -0.139. The summed E-state index contributed by atoms with van der Waals surface area (Å²) in [6.45, 7) is 1.66. The van der Waals surface area contributed by atoms with Gasteiger partial charge in [-0.25, -0.2) is 13.4 Å². The van der Waals surface area contributed by atoms with Crippen molar-refractivity contribution < 1.29 is 8.42 Å². The van der Waals surface area contributed by atoms with Gasteiger partial charge in [0.2, 0.25) is 0 Å². The quantitative estimate of drug-likeness (QED) is 0.797. The normalized spacial score (nSPS) is 13.9. The fourth-order valence-corrected chi connectivity index (χ4v) is 2.44. The van der Waals surface area contributed by atoms with Crippen molar-refractivity contribution in [1.29, 1.82) is 0 Å². The molecule has 2 N–H and O–H groups in total. The van der Waals surface area contributed by atoms with E-state index in [0.29, 0.717) is 12.8 Å². The monoisotopic (exact) mass is 245 g/mol. The van der Waals surface area contributed by atoms with Crippen molar-refractivity contribution in [3.63, 3.8) is 0 Å². The van der Waals surface area contributed by atoms with E-state index in [-0.39, 0.29) is 17.5 Å². The van der Waals surface area contributed by atoms with Crippen molar-refractivity contribution in [1.82, 2.24) is 9.55 Å². The molecule has 0 aliphatic carbocycles. The maximum absolute atomic E-state index is 11.3. The molecule has 1 rings (SSSR count). The van der Waals surface area contributed by atoms with Crippen molar-refractivity contribution in [2.45, 2.75) is 25.8 Å². The van der Waals surface area contributed by atoms with Gasteiger partial charge in [0.25, 0.3) is 0 Å². The number of hydrogen-bond donors (Lipinski definition) is 1. The molecule has 0 radical (unpaired) electrons. The van der Waals surface area contributed by atoms with Crippen LogP contribution in [0.2, 0.25) is 0 Å². The summed E-state index contributed by atoms with van der Waals surface area (Å²) in [5.74, 6) is 0.420. The van der Waals surface area contributed by atoms with Crippen molar-refractivity contribution in [2.24, 2.45) is 12.8 Å². The molecule has 0 aliphatic heterocycles. The van der Waals surface area contributed by atoms with E-state index in [1.807, 2.05) is 11.6 Å². The van der Waals surface area contributed by atoms with Gasteiger partial charge in [0, 0.05) is 25.0 Å². The number of nitrogens with zero attached hydrogens (tertiary/aromatic N) is 2. The van der Waals surface area contributed by atoms with Gasteiger partial charge >= 0.3 is 0 Å². The largest absolute Gasteiger partial charge is 0.336 e. The lowest BCUT2D eigenvalue weighted by atomic mass is 10.1. The number of aryl methyl sites for hydroxylation is 1. The highest BCUT2D eigenvalue weighted by molar-refractivity contribution is 7.91. The molecule has 0 amide bonds. The van der Waals surface area contributed by atoms with Crippen LogP contribution >= 0.6 is 0 Å². The minimum Gasteiger partial charge on any atom is -0.336 e. The van der Waals surface area contributed by atoms with Gasteiger partial charge in [0.1, 0.15) is 9.84 Å². The number of sulfone groups is 1. The molecule has 0 aliphatic rings. The van der Waals surface area contributed by atoms with Crippen molar-refractivity contribution in [3.05, 3.63) is 18.2 Å². The van der Waals surface area contributed by atoms with Crippen LogP contribution in [0.25, 0.3) is 0 Å². The first kappa shape index (κ1) is 13.2. The van der Waals surface area contributed by atoms with Gasteiger partial charge in [-0.3, -0.25) is 0 Å². The first-order valence-corrected chi connectivity index (χ1v) is 7.20. The van der Waals surface area contributed by atoms with E-state index in [1.54, 1.807) is 19.4 Å². The standard InChI is InChI=1S/C10H19N3O2S/c1-3-16(14,15)6-4-5-9(11)10-7-12-8-13(10)2/h7-9H,3-6,11H2,1-2H3. The van der Waals surface area contributed by atoms with E-state index in [2.05, 4.69) is 4.98 Å². The van der Waals surface area contributed by atoms with Crippen LogP contribution in [0.3, 0.4) is 0 Å². The second kappa shape index (κ2) is 5.45. The Balaban J connectivity index is 2.43. The maximum atomic E-state index is 11.3. The average Bonchev–Trinajstić information content (AvgIpc) is 2.64. The fourth-order valence-electron chi connectivity index (χ4n) is 1.54. The van der Waals surface area contributed by atoms with Crippen LogP contribution in [0, 0.1) is 0 Å². The van der Waals surface area contributed by atoms with Crippen LogP contribution < -0.4 is 5.73 Å². The lowest BCUT2D eigenvalue weighted by molar-refractivity contribution is 0.573. The van der Waals surface area contributed by atoms with E-state index >= 15 is 0 Å². The lowest BCUT2D eigenvalue weighted by Gasteiger charge is -2.11. The molecule has 6 heteroatoms. The molecular weight excluding hydrogens is 226 g/mol. The van der Waals surface area contributed by atoms with E-state index in [9.17, 15) is 8.42 Å². The maximum Gasteiger partial charge on any atom is 0.150 e. The SMILES string of the molecule is CCS(=O)(=O)CCCC(N)c1cncn1C. The molecule has 0 fully saturated rings. The number of nitrogens with two attached hydrogens (primary N) is 1. The van der Waals surface area contributed by atoms with Crippen LogP contribution in [0.15, 0.2) is 12.5 Å². The Kier molecular flexibility index (Phi) is 4.49. The molecule has 1 unspecified atom stereocenters. The van der Waals surface area contributed by atoms with Crippen molar-refractivity contribution >= 4 is 9.84 Å². The first-order chi connectivity index (χ1) is 7.46. The molecule has 1 aromatic heterocycles. The number of rotatable bonds is 6. The van der Waals surface area contributed by atoms with Gasteiger partial charge < -0.3 is 10.3 Å². The summed E-state index contributed by atoms with van der Waals surface area (Å²) < 4.78 is 24.4. The Morgan fingerprint density at radius 2 is 2.25 bits per heavy atom. The van der Waals surface area contributed by atoms with Crippen molar-refractivity contribution in [3.8, 4) is 0 Å². The highest BCUT2D eigenvalue weighted by Gasteiger charge is 2.12. The molecule has 1 heterocycles. The lowest BCUT2D eigenvalue weighted by Crippen LogP contribution is -2.16. The Morgan fingerprint density at radius 1 is 1.56 bits per heavy atom. The van der Waals surface area contributed by atoms with Crippen LogP contribution in [0.1, 0.15) is 31.5 Å². The molecule has 1 aromatic rings. The van der Waals surface area contributed by atoms with Crippen LogP contribution in [0.5, 0.6) is 0 Å². The Morgan fingerprint density at radius 3 is 2.75 bits per heavy atom. The zero-order valence-electron chi connectivity index (χ0n) is 9.76. The average molecular weight is 245 g/mol. The molecule has 0 saturated heterocycles. The predicted octanol–water partition coefficient (Wildman–Crippen LogP) is 0.635. The Bertz CT molecular complexity index is 425. The van der Waals surface area contributed by atoms with Crippen LogP contribution in [-0.2, 0) is 16.9 Å². The second-order valence-corrected chi connectivity index (χ2v) is 6.39. The highest BCUT2D eigenvalue weighted by atomic mass is 32.2. The van der Waals surface area contributed by atoms with Gasteiger partial charge in [0.15, 0.2) is 0 Å². The minimum atomic E-state index is -2.87. The van der Waals surface area contributed by atoms with E-state index in [4.69, 9.17) is 5.73 Å². The van der Waals surface area contributed by atoms with Gasteiger partial charge in [-0.05, 0) is 12.8 Å². The summed E-state index contributed by atoms with van der Waals surface area (Å²) in [6.07, 6.45) is 4.68. The summed E-state index contributed by atoms with van der Waals surface area (Å²) in [7, 11) is -0.992. The molecule has 0 bridgehead atoms. The third kappa shape index (κ3) is 3.61.